The number of allylic oxidation sites excluding steroid dienone is 2. The van der Waals surface area contributed by atoms with Crippen LogP contribution < -0.4 is 0 Å². The zero-order valence-corrected chi connectivity index (χ0v) is 13.9. The van der Waals surface area contributed by atoms with E-state index < -0.39 is 29.1 Å². The van der Waals surface area contributed by atoms with Crippen LogP contribution in [0.25, 0.3) is 5.57 Å². The molecular weight excluding hydrogens is 383 g/mol. The summed E-state index contributed by atoms with van der Waals surface area (Å²) in [5.41, 5.74) is -1.55. The van der Waals surface area contributed by atoms with Crippen molar-refractivity contribution < 1.29 is 27.5 Å². The van der Waals surface area contributed by atoms with Gasteiger partial charge < -0.3 is 5.11 Å². The van der Waals surface area contributed by atoms with Gasteiger partial charge in [-0.2, -0.15) is 13.2 Å². The van der Waals surface area contributed by atoms with Crippen molar-refractivity contribution in [3.63, 3.8) is 0 Å². The fourth-order valence-corrected chi connectivity index (χ4v) is 2.71. The molecule has 2 nitrogen and oxygen atoms in total. The molecule has 0 radical (unpaired) electrons. The Morgan fingerprint density at radius 2 is 1.68 bits per heavy atom. The maximum absolute atomic E-state index is 13.6. The molecule has 0 fully saturated rings. The molecule has 0 bridgehead atoms. The molecule has 0 saturated heterocycles. The van der Waals surface area contributed by atoms with Crippen molar-refractivity contribution in [1.82, 2.24) is 0 Å². The van der Waals surface area contributed by atoms with Crippen LogP contribution in [0.1, 0.15) is 21.5 Å². The Balaban J connectivity index is 2.39. The zero-order chi connectivity index (χ0) is 18.8. The summed E-state index contributed by atoms with van der Waals surface area (Å²) in [5.74, 6) is -2.47. The van der Waals surface area contributed by atoms with E-state index in [-0.39, 0.29) is 27.6 Å². The summed E-state index contributed by atoms with van der Waals surface area (Å²) in [6.07, 6.45) is -4.05. The van der Waals surface area contributed by atoms with Gasteiger partial charge in [-0.05, 0) is 47.9 Å². The first-order chi connectivity index (χ1) is 11.6. The second-order valence-corrected chi connectivity index (χ2v) is 5.97. The van der Waals surface area contributed by atoms with Crippen LogP contribution in [0.2, 0.25) is 10.0 Å². The van der Waals surface area contributed by atoms with Crippen LogP contribution in [0, 0.1) is 5.82 Å². The van der Waals surface area contributed by atoms with E-state index in [2.05, 4.69) is 0 Å². The number of carboxylic acid groups (broad SMARTS) is 1. The van der Waals surface area contributed by atoms with Crippen molar-refractivity contribution in [2.75, 3.05) is 0 Å². The Hall–Kier alpha value is -2.05. The number of hydrogen-bond donors (Lipinski definition) is 1. The monoisotopic (exact) mass is 392 g/mol. The number of halogens is 6. The second kappa shape index (κ2) is 7.45. The van der Waals surface area contributed by atoms with E-state index in [0.717, 1.165) is 30.3 Å². The molecule has 0 aliphatic heterocycles. The van der Waals surface area contributed by atoms with Gasteiger partial charge in [0.15, 0.2) is 0 Å². The molecule has 0 heterocycles. The molecule has 0 saturated carbocycles. The summed E-state index contributed by atoms with van der Waals surface area (Å²) in [5, 5.41) is 8.86. The number of aromatic carboxylic acids is 1. The standard InChI is InChI=1S/C17H10Cl2F4O2/c18-11-6-10(7-12(19)8-11)14(17(21,22)23)4-2-9-1-3-13(16(24)25)15(20)5-9/h1,3-8H,2H2,(H,24,25)/b14-4+. The first-order valence-corrected chi connectivity index (χ1v) is 7.59. The van der Waals surface area contributed by atoms with E-state index in [9.17, 15) is 22.4 Å². The van der Waals surface area contributed by atoms with Crippen molar-refractivity contribution in [3.8, 4) is 0 Å². The van der Waals surface area contributed by atoms with Gasteiger partial charge >= 0.3 is 12.1 Å². The predicted molar refractivity (Wildman–Crippen MR) is 87.6 cm³/mol. The minimum atomic E-state index is -4.67. The van der Waals surface area contributed by atoms with Crippen molar-refractivity contribution in [2.24, 2.45) is 0 Å². The molecule has 0 amide bonds. The van der Waals surface area contributed by atoms with Gasteiger partial charge in [-0.3, -0.25) is 0 Å². The number of hydrogen-bond acceptors (Lipinski definition) is 1. The maximum Gasteiger partial charge on any atom is 0.416 e. The van der Waals surface area contributed by atoms with Crippen molar-refractivity contribution in [2.45, 2.75) is 12.6 Å². The van der Waals surface area contributed by atoms with Gasteiger partial charge in [-0.15, -0.1) is 0 Å². The normalized spacial score (nSPS) is 12.3. The Bertz CT molecular complexity index is 825. The van der Waals surface area contributed by atoms with E-state index in [1.54, 1.807) is 0 Å². The molecule has 0 aliphatic carbocycles. The summed E-state index contributed by atoms with van der Waals surface area (Å²) >= 11 is 11.5. The van der Waals surface area contributed by atoms with Gasteiger partial charge in [0.25, 0.3) is 0 Å². The molecule has 25 heavy (non-hydrogen) atoms. The van der Waals surface area contributed by atoms with Crippen molar-refractivity contribution in [3.05, 3.63) is 75.0 Å². The number of carboxylic acids is 1. The molecule has 0 atom stereocenters. The third-order valence-corrected chi connectivity index (χ3v) is 3.72. The first-order valence-electron chi connectivity index (χ1n) is 6.83. The van der Waals surface area contributed by atoms with E-state index in [1.807, 2.05) is 0 Å². The number of rotatable bonds is 4. The Morgan fingerprint density at radius 3 is 2.16 bits per heavy atom. The highest BCUT2D eigenvalue weighted by molar-refractivity contribution is 6.34. The molecule has 2 aromatic rings. The summed E-state index contributed by atoms with van der Waals surface area (Å²) in [4.78, 5) is 10.8. The van der Waals surface area contributed by atoms with Crippen LogP contribution in [0.15, 0.2) is 42.5 Å². The lowest BCUT2D eigenvalue weighted by atomic mass is 10.0. The average Bonchev–Trinajstić information content (AvgIpc) is 2.44. The molecule has 0 spiro atoms. The van der Waals surface area contributed by atoms with E-state index >= 15 is 0 Å². The minimum absolute atomic E-state index is 0.0505. The lowest BCUT2D eigenvalue weighted by Crippen LogP contribution is -2.11. The molecule has 2 rings (SSSR count). The second-order valence-electron chi connectivity index (χ2n) is 5.10. The van der Waals surface area contributed by atoms with E-state index in [1.165, 1.54) is 12.1 Å². The lowest BCUT2D eigenvalue weighted by molar-refractivity contribution is -0.0690. The smallest absolute Gasteiger partial charge is 0.416 e. The van der Waals surface area contributed by atoms with E-state index in [4.69, 9.17) is 28.3 Å². The first kappa shape index (κ1) is 19.3. The van der Waals surface area contributed by atoms with Gasteiger partial charge in [0.05, 0.1) is 11.1 Å². The molecule has 0 aliphatic rings. The van der Waals surface area contributed by atoms with Gasteiger partial charge in [0, 0.05) is 10.0 Å². The van der Waals surface area contributed by atoms with Crippen LogP contribution >= 0.6 is 23.2 Å². The van der Waals surface area contributed by atoms with E-state index in [0.29, 0.717) is 0 Å². The predicted octanol–water partition coefficient (Wildman–Crippen LogP) is 6.02. The fraction of sp³-hybridized carbons (Fsp3) is 0.118. The van der Waals surface area contributed by atoms with Gasteiger partial charge in [0.2, 0.25) is 0 Å². The average molecular weight is 393 g/mol. The van der Waals surface area contributed by atoms with Crippen molar-refractivity contribution >= 4 is 34.7 Å². The van der Waals surface area contributed by atoms with Crippen molar-refractivity contribution in [1.29, 1.82) is 0 Å². The summed E-state index contributed by atoms with van der Waals surface area (Å²) < 4.78 is 53.6. The highest BCUT2D eigenvalue weighted by atomic mass is 35.5. The lowest BCUT2D eigenvalue weighted by Gasteiger charge is -2.13. The number of alkyl halides is 3. The molecule has 0 unspecified atom stereocenters. The largest absolute Gasteiger partial charge is 0.478 e. The highest BCUT2D eigenvalue weighted by Crippen LogP contribution is 2.36. The molecular formula is C17H10Cl2F4O2. The molecule has 2 aromatic carbocycles. The van der Waals surface area contributed by atoms with Crippen LogP contribution in [0.5, 0.6) is 0 Å². The van der Waals surface area contributed by atoms with Gasteiger partial charge in [-0.25, -0.2) is 9.18 Å². The Morgan fingerprint density at radius 1 is 1.08 bits per heavy atom. The topological polar surface area (TPSA) is 37.3 Å². The van der Waals surface area contributed by atoms with Crippen LogP contribution in [0.3, 0.4) is 0 Å². The van der Waals surface area contributed by atoms with Gasteiger partial charge in [0.1, 0.15) is 5.82 Å². The third-order valence-electron chi connectivity index (χ3n) is 3.28. The molecule has 8 heteroatoms. The Kier molecular flexibility index (Phi) is 5.75. The number of carbonyl (C=O) groups is 1. The molecule has 1 N–H and O–H groups in total. The van der Waals surface area contributed by atoms with Gasteiger partial charge in [-0.1, -0.05) is 35.3 Å². The fourth-order valence-electron chi connectivity index (χ4n) is 2.19. The SMILES string of the molecule is O=C(O)c1ccc(C/C=C(\c2cc(Cl)cc(Cl)c2)C(F)(F)F)cc1F. The highest BCUT2D eigenvalue weighted by Gasteiger charge is 2.34. The number of benzene rings is 2. The summed E-state index contributed by atoms with van der Waals surface area (Å²) in [7, 11) is 0. The van der Waals surface area contributed by atoms with Crippen LogP contribution in [-0.4, -0.2) is 17.3 Å². The summed E-state index contributed by atoms with van der Waals surface area (Å²) in [6.45, 7) is 0. The molecule has 0 aromatic heterocycles. The third kappa shape index (κ3) is 4.96. The molecule has 132 valence electrons. The minimum Gasteiger partial charge on any atom is -0.478 e. The maximum atomic E-state index is 13.6. The van der Waals surface area contributed by atoms with Crippen LogP contribution in [-0.2, 0) is 6.42 Å². The summed E-state index contributed by atoms with van der Waals surface area (Å²) in [6, 6.07) is 6.70. The zero-order valence-electron chi connectivity index (χ0n) is 12.4. The quantitative estimate of drug-likeness (QED) is 0.646. The van der Waals surface area contributed by atoms with Crippen LogP contribution in [0.4, 0.5) is 17.6 Å². The Labute approximate surface area is 150 Å².